The number of rotatable bonds is 13. The Labute approximate surface area is 226 Å². The molecule has 0 aromatic heterocycles. The SMILES string of the molecule is CCCN(CCC)C1=NC(CCCOC(=O)NC2C=C(OC)C=CC2)NC(N/N=C/c2cccc(C)c2)=C1. The summed E-state index contributed by atoms with van der Waals surface area (Å²) in [5, 5.41) is 10.7. The number of hydrogen-bond acceptors (Lipinski definition) is 8. The molecule has 3 N–H and O–H groups in total. The average Bonchev–Trinajstić information content (AvgIpc) is 2.91. The Kier molecular flexibility index (Phi) is 11.7. The average molecular weight is 523 g/mol. The molecule has 2 aliphatic rings. The van der Waals surface area contributed by atoms with Gasteiger partial charge in [-0.25, -0.2) is 9.79 Å². The summed E-state index contributed by atoms with van der Waals surface area (Å²) in [6.45, 7) is 8.60. The summed E-state index contributed by atoms with van der Waals surface area (Å²) in [7, 11) is 1.61. The Morgan fingerprint density at radius 2 is 2.11 bits per heavy atom. The number of amides is 1. The first-order valence-corrected chi connectivity index (χ1v) is 13.5. The van der Waals surface area contributed by atoms with Gasteiger partial charge in [0.1, 0.15) is 23.6 Å². The van der Waals surface area contributed by atoms with Crippen LogP contribution in [0.15, 0.2) is 70.2 Å². The lowest BCUT2D eigenvalue weighted by Gasteiger charge is -2.30. The molecule has 1 aliphatic carbocycles. The van der Waals surface area contributed by atoms with Crippen LogP contribution in [-0.4, -0.2) is 62.1 Å². The van der Waals surface area contributed by atoms with Crippen LogP contribution in [0.1, 0.15) is 57.1 Å². The Morgan fingerprint density at radius 1 is 1.29 bits per heavy atom. The summed E-state index contributed by atoms with van der Waals surface area (Å²) in [6.07, 6.45) is 13.2. The van der Waals surface area contributed by atoms with Crippen LogP contribution in [0.25, 0.3) is 0 Å². The smallest absolute Gasteiger partial charge is 0.407 e. The third kappa shape index (κ3) is 9.61. The minimum absolute atomic E-state index is 0.128. The number of methoxy groups -OCH3 is 1. The second-order valence-corrected chi connectivity index (χ2v) is 9.42. The van der Waals surface area contributed by atoms with Crippen LogP contribution in [0.5, 0.6) is 0 Å². The first kappa shape index (κ1) is 28.8. The number of nitrogens with zero attached hydrogens (tertiary/aromatic N) is 3. The van der Waals surface area contributed by atoms with Crippen LogP contribution < -0.4 is 16.1 Å². The van der Waals surface area contributed by atoms with Crippen LogP contribution >= 0.6 is 0 Å². The van der Waals surface area contributed by atoms with Gasteiger partial charge in [0.2, 0.25) is 0 Å². The molecule has 2 unspecified atom stereocenters. The summed E-state index contributed by atoms with van der Waals surface area (Å²) < 4.78 is 10.6. The van der Waals surface area contributed by atoms with Gasteiger partial charge < -0.3 is 25.0 Å². The third-order valence-corrected chi connectivity index (χ3v) is 6.07. The molecule has 0 saturated heterocycles. The standard InChI is InChI=1S/C29H42N6O3/c1-5-15-35(16-6-2)28-20-27(34-30-21-23-11-7-10-22(3)18-23)32-26(33-28)14-9-17-38-29(36)31-24-12-8-13-25(19-24)37-4/h7-8,10-11,13,18-21,24,26,32,34H,5-6,9,12,14-17H2,1-4H3,(H,31,36)/b30-21+. The number of allylic oxidation sites excluding steroid dienone is 1. The number of hydrazone groups is 1. The van der Waals surface area contributed by atoms with Crippen LogP contribution in [0.4, 0.5) is 4.79 Å². The molecule has 206 valence electrons. The Bertz CT molecular complexity index is 1060. The van der Waals surface area contributed by atoms with E-state index in [1.807, 2.05) is 42.7 Å². The summed E-state index contributed by atoms with van der Waals surface area (Å²) >= 11 is 0. The fourth-order valence-electron chi connectivity index (χ4n) is 4.29. The normalized spacial score (nSPS) is 18.7. The van der Waals surface area contributed by atoms with Crippen LogP contribution in [0, 0.1) is 6.92 Å². The molecule has 1 aromatic rings. The highest BCUT2D eigenvalue weighted by molar-refractivity contribution is 5.94. The van der Waals surface area contributed by atoms with E-state index in [2.05, 4.69) is 59.0 Å². The van der Waals surface area contributed by atoms with Crippen molar-refractivity contribution in [2.75, 3.05) is 26.8 Å². The molecular weight excluding hydrogens is 480 g/mol. The highest BCUT2D eigenvalue weighted by atomic mass is 16.5. The molecule has 0 fully saturated rings. The lowest BCUT2D eigenvalue weighted by Crippen LogP contribution is -2.42. The van der Waals surface area contributed by atoms with E-state index in [0.717, 1.165) is 48.9 Å². The Hall–Kier alpha value is -3.75. The molecule has 0 radical (unpaired) electrons. The predicted octanol–water partition coefficient (Wildman–Crippen LogP) is 4.57. The zero-order valence-electron chi connectivity index (χ0n) is 23.1. The van der Waals surface area contributed by atoms with Crippen molar-refractivity contribution in [1.82, 2.24) is 21.0 Å². The van der Waals surface area contributed by atoms with Crippen molar-refractivity contribution in [2.24, 2.45) is 10.1 Å². The first-order valence-electron chi connectivity index (χ1n) is 13.5. The van der Waals surface area contributed by atoms with E-state index in [-0.39, 0.29) is 12.2 Å². The Morgan fingerprint density at radius 3 is 2.84 bits per heavy atom. The van der Waals surface area contributed by atoms with E-state index >= 15 is 0 Å². The van der Waals surface area contributed by atoms with E-state index < -0.39 is 6.09 Å². The monoisotopic (exact) mass is 522 g/mol. The van der Waals surface area contributed by atoms with Gasteiger partial charge in [-0.1, -0.05) is 49.8 Å². The van der Waals surface area contributed by atoms with Crippen molar-refractivity contribution >= 4 is 18.1 Å². The second-order valence-electron chi connectivity index (χ2n) is 9.42. The number of aliphatic imine (C=N–C) groups is 1. The quantitative estimate of drug-likeness (QED) is 0.199. The highest BCUT2D eigenvalue weighted by Gasteiger charge is 2.19. The minimum atomic E-state index is -0.428. The number of amidine groups is 1. The topological polar surface area (TPSA) is 99.6 Å². The van der Waals surface area contributed by atoms with Gasteiger partial charge in [0, 0.05) is 19.2 Å². The number of nitrogens with one attached hydrogen (secondary N) is 3. The van der Waals surface area contributed by atoms with Gasteiger partial charge in [0.15, 0.2) is 0 Å². The maximum Gasteiger partial charge on any atom is 0.407 e. The van der Waals surface area contributed by atoms with Crippen molar-refractivity contribution in [3.8, 4) is 0 Å². The molecule has 1 heterocycles. The molecule has 1 aromatic carbocycles. The lowest BCUT2D eigenvalue weighted by atomic mass is 10.1. The van der Waals surface area contributed by atoms with Gasteiger partial charge in [-0.3, -0.25) is 5.43 Å². The molecule has 2 atom stereocenters. The van der Waals surface area contributed by atoms with Crippen LogP contribution in [0.2, 0.25) is 0 Å². The number of ether oxygens (including phenoxy) is 2. The summed E-state index contributed by atoms with van der Waals surface area (Å²) in [6, 6.07) is 8.06. The Balaban J connectivity index is 1.54. The molecule has 1 aliphatic heterocycles. The fourth-order valence-corrected chi connectivity index (χ4v) is 4.29. The number of carbonyl (C=O) groups is 1. The number of alkyl carbamates (subject to hydrolysis) is 1. The molecule has 0 saturated carbocycles. The number of benzene rings is 1. The van der Waals surface area contributed by atoms with E-state index in [0.29, 0.717) is 25.9 Å². The fraction of sp³-hybridized carbons (Fsp3) is 0.483. The molecular formula is C29H42N6O3. The lowest BCUT2D eigenvalue weighted by molar-refractivity contribution is 0.140. The zero-order valence-corrected chi connectivity index (χ0v) is 23.1. The van der Waals surface area contributed by atoms with Crippen molar-refractivity contribution in [3.05, 3.63) is 71.3 Å². The van der Waals surface area contributed by atoms with Crippen molar-refractivity contribution in [1.29, 1.82) is 0 Å². The molecule has 0 spiro atoms. The molecule has 3 rings (SSSR count). The van der Waals surface area contributed by atoms with Crippen molar-refractivity contribution < 1.29 is 14.3 Å². The highest BCUT2D eigenvalue weighted by Crippen LogP contribution is 2.13. The number of carbonyl (C=O) groups excluding carboxylic acids is 1. The van der Waals surface area contributed by atoms with Gasteiger partial charge in [0.25, 0.3) is 0 Å². The first-order chi connectivity index (χ1) is 18.5. The maximum absolute atomic E-state index is 12.2. The summed E-state index contributed by atoms with van der Waals surface area (Å²) in [5.74, 6) is 2.47. The van der Waals surface area contributed by atoms with E-state index in [1.165, 1.54) is 5.56 Å². The van der Waals surface area contributed by atoms with Gasteiger partial charge in [-0.2, -0.15) is 5.10 Å². The van der Waals surface area contributed by atoms with Gasteiger partial charge in [0.05, 0.1) is 26.0 Å². The predicted molar refractivity (Wildman–Crippen MR) is 153 cm³/mol. The molecule has 1 amide bonds. The number of hydrogen-bond donors (Lipinski definition) is 3. The number of aryl methyl sites for hydroxylation is 1. The minimum Gasteiger partial charge on any atom is -0.497 e. The summed E-state index contributed by atoms with van der Waals surface area (Å²) in [4.78, 5) is 19.5. The van der Waals surface area contributed by atoms with Gasteiger partial charge >= 0.3 is 6.09 Å². The molecule has 9 heteroatoms. The zero-order chi connectivity index (χ0) is 27.2. The third-order valence-electron chi connectivity index (χ3n) is 6.07. The van der Waals surface area contributed by atoms with E-state index in [1.54, 1.807) is 7.11 Å². The summed E-state index contributed by atoms with van der Waals surface area (Å²) in [5.41, 5.74) is 5.37. The largest absolute Gasteiger partial charge is 0.497 e. The van der Waals surface area contributed by atoms with Gasteiger partial charge in [-0.05, 0) is 56.7 Å². The van der Waals surface area contributed by atoms with E-state index in [4.69, 9.17) is 14.5 Å². The maximum atomic E-state index is 12.2. The van der Waals surface area contributed by atoms with Crippen molar-refractivity contribution in [3.63, 3.8) is 0 Å². The molecule has 38 heavy (non-hydrogen) atoms. The molecule has 0 bridgehead atoms. The molecule has 9 nitrogen and oxygen atoms in total. The second kappa shape index (κ2) is 15.5. The van der Waals surface area contributed by atoms with E-state index in [9.17, 15) is 4.79 Å². The van der Waals surface area contributed by atoms with Crippen molar-refractivity contribution in [2.45, 2.75) is 65.1 Å². The van der Waals surface area contributed by atoms with Crippen LogP contribution in [0.3, 0.4) is 0 Å². The van der Waals surface area contributed by atoms with Gasteiger partial charge in [-0.15, -0.1) is 0 Å². The van der Waals surface area contributed by atoms with Crippen LogP contribution in [-0.2, 0) is 9.47 Å².